The number of carbonyl (C=O) groups is 3. The lowest BCUT2D eigenvalue weighted by molar-refractivity contribution is -0.128. The van der Waals surface area contributed by atoms with Crippen molar-refractivity contribution in [3.63, 3.8) is 0 Å². The lowest BCUT2D eigenvalue weighted by atomic mass is 9.71. The molecular formula is C30H32FN5O4. The third-order valence-corrected chi connectivity index (χ3v) is 7.52. The summed E-state index contributed by atoms with van der Waals surface area (Å²) in [5.41, 5.74) is 3.35. The lowest BCUT2D eigenvalue weighted by Gasteiger charge is -2.32. The van der Waals surface area contributed by atoms with Crippen molar-refractivity contribution < 1.29 is 23.5 Å². The molecule has 0 radical (unpaired) electrons. The van der Waals surface area contributed by atoms with E-state index in [-0.39, 0.29) is 49.0 Å². The van der Waals surface area contributed by atoms with Crippen LogP contribution in [-0.4, -0.2) is 52.4 Å². The van der Waals surface area contributed by atoms with Gasteiger partial charge in [-0.3, -0.25) is 14.5 Å². The van der Waals surface area contributed by atoms with Crippen molar-refractivity contribution in [2.45, 2.75) is 46.1 Å². The van der Waals surface area contributed by atoms with Gasteiger partial charge in [-0.25, -0.2) is 9.18 Å². The molecule has 5 rings (SSSR count). The van der Waals surface area contributed by atoms with E-state index in [0.717, 1.165) is 6.42 Å². The molecule has 1 aliphatic heterocycles. The number of cyclic esters (lactones) is 1. The van der Waals surface area contributed by atoms with Gasteiger partial charge in [0.2, 0.25) is 5.91 Å². The maximum Gasteiger partial charge on any atom is 0.414 e. The molecule has 0 saturated carbocycles. The molecule has 1 fully saturated rings. The quantitative estimate of drug-likeness (QED) is 0.386. The molecule has 10 heteroatoms. The Morgan fingerprint density at radius 1 is 1.18 bits per heavy atom. The standard InChI is InChI=1S/C30H32FN5O4/c1-4-18-8-11-23(30(2,3)15-18)26(37)12-13-27(38)32-16-20-17-36(29(39)40-20)19-9-10-21(24(31)14-19)22-6-5-7-25-28(22)34-35-33-25/h5-11,14-15,20,23H,4,12-13,16-17H2,1-3H3,(H,32,38)(H,33,34,35)/t20?,23-/m1/s1. The Balaban J connectivity index is 1.14. The largest absolute Gasteiger partial charge is 0.442 e. The Hall–Kier alpha value is -4.34. The van der Waals surface area contributed by atoms with E-state index in [1.54, 1.807) is 30.3 Å². The highest BCUT2D eigenvalue weighted by molar-refractivity contribution is 5.93. The number of halogens is 1. The highest BCUT2D eigenvalue weighted by Crippen LogP contribution is 2.37. The number of Topliss-reactive ketones (excluding diaryl/α,β-unsaturated/α-hetero) is 1. The maximum atomic E-state index is 15.1. The van der Waals surface area contributed by atoms with Gasteiger partial charge in [0.05, 0.1) is 18.8 Å². The number of allylic oxidation sites excluding steroid dienone is 4. The van der Waals surface area contributed by atoms with E-state index in [1.165, 1.54) is 16.5 Å². The minimum absolute atomic E-state index is 0.0199. The molecule has 40 heavy (non-hydrogen) atoms. The fourth-order valence-electron chi connectivity index (χ4n) is 5.35. The highest BCUT2D eigenvalue weighted by Gasteiger charge is 2.35. The van der Waals surface area contributed by atoms with E-state index in [0.29, 0.717) is 27.8 Å². The lowest BCUT2D eigenvalue weighted by Crippen LogP contribution is -2.35. The Morgan fingerprint density at radius 3 is 2.75 bits per heavy atom. The van der Waals surface area contributed by atoms with Gasteiger partial charge in [0.25, 0.3) is 0 Å². The van der Waals surface area contributed by atoms with Crippen LogP contribution in [0.15, 0.2) is 60.2 Å². The van der Waals surface area contributed by atoms with E-state index in [4.69, 9.17) is 4.74 Å². The van der Waals surface area contributed by atoms with Crippen LogP contribution in [0.4, 0.5) is 14.9 Å². The number of amides is 2. The number of rotatable bonds is 9. The Morgan fingerprint density at radius 2 is 2.00 bits per heavy atom. The van der Waals surface area contributed by atoms with Crippen LogP contribution in [0.1, 0.15) is 40.0 Å². The number of H-pyrrole nitrogens is 1. The van der Waals surface area contributed by atoms with Gasteiger partial charge in [0.1, 0.15) is 28.7 Å². The first-order chi connectivity index (χ1) is 19.2. The number of hydrogen-bond donors (Lipinski definition) is 2. The van der Waals surface area contributed by atoms with Gasteiger partial charge in [-0.05, 0) is 36.1 Å². The fourth-order valence-corrected chi connectivity index (χ4v) is 5.35. The molecule has 1 saturated heterocycles. The number of ether oxygens (including phenoxy) is 1. The molecule has 1 aliphatic carbocycles. The highest BCUT2D eigenvalue weighted by atomic mass is 19.1. The number of ketones is 1. The third kappa shape index (κ3) is 5.52. The molecule has 2 atom stereocenters. The number of anilines is 1. The Labute approximate surface area is 231 Å². The number of benzene rings is 2. The van der Waals surface area contributed by atoms with E-state index in [1.807, 2.05) is 26.0 Å². The molecule has 2 heterocycles. The van der Waals surface area contributed by atoms with Crippen molar-refractivity contribution in [1.82, 2.24) is 20.7 Å². The first-order valence-electron chi connectivity index (χ1n) is 13.4. The number of carbonyl (C=O) groups excluding carboxylic acids is 3. The van der Waals surface area contributed by atoms with Crippen LogP contribution in [0.25, 0.3) is 22.2 Å². The van der Waals surface area contributed by atoms with E-state index in [2.05, 4.69) is 33.7 Å². The normalized spacial score (nSPS) is 19.9. The summed E-state index contributed by atoms with van der Waals surface area (Å²) >= 11 is 0. The zero-order valence-corrected chi connectivity index (χ0v) is 22.7. The number of aromatic nitrogens is 3. The molecule has 208 valence electrons. The number of aromatic amines is 1. The van der Waals surface area contributed by atoms with Crippen molar-refractivity contribution in [2.75, 3.05) is 18.0 Å². The molecule has 0 bridgehead atoms. The van der Waals surface area contributed by atoms with Crippen molar-refractivity contribution in [3.05, 3.63) is 66.0 Å². The van der Waals surface area contributed by atoms with Crippen LogP contribution in [0.5, 0.6) is 0 Å². The molecule has 2 N–H and O–H groups in total. The summed E-state index contributed by atoms with van der Waals surface area (Å²) in [6.45, 7) is 6.40. The van der Waals surface area contributed by atoms with Crippen molar-refractivity contribution in [3.8, 4) is 11.1 Å². The SMILES string of the molecule is CCC1=CC(C)(C)[C@@H](C(=O)CCC(=O)NCC2CN(c3ccc(-c4cccc5n[nH]nc45)c(F)c3)C(=O)O2)C=C1. The van der Waals surface area contributed by atoms with Crippen molar-refractivity contribution in [1.29, 1.82) is 0 Å². The molecule has 0 spiro atoms. The topological polar surface area (TPSA) is 117 Å². The molecule has 2 aromatic carbocycles. The summed E-state index contributed by atoms with van der Waals surface area (Å²) in [5, 5.41) is 13.4. The predicted molar refractivity (Wildman–Crippen MR) is 149 cm³/mol. The monoisotopic (exact) mass is 545 g/mol. The molecule has 2 aliphatic rings. The summed E-state index contributed by atoms with van der Waals surface area (Å²) in [4.78, 5) is 39.2. The molecule has 3 aromatic rings. The second-order valence-corrected chi connectivity index (χ2v) is 10.8. The zero-order valence-electron chi connectivity index (χ0n) is 22.7. The summed E-state index contributed by atoms with van der Waals surface area (Å²) in [6.07, 6.45) is 5.94. The number of para-hydroxylation sites is 1. The summed E-state index contributed by atoms with van der Waals surface area (Å²) in [5.74, 6) is -1.05. The second kappa shape index (κ2) is 11.0. The van der Waals surface area contributed by atoms with Crippen LogP contribution in [-0.2, 0) is 14.3 Å². The van der Waals surface area contributed by atoms with Gasteiger partial charge >= 0.3 is 6.09 Å². The third-order valence-electron chi connectivity index (χ3n) is 7.52. The van der Waals surface area contributed by atoms with Gasteiger partial charge < -0.3 is 10.1 Å². The molecule has 2 amide bonds. The maximum absolute atomic E-state index is 15.1. The number of nitrogens with zero attached hydrogens (tertiary/aromatic N) is 3. The van der Waals surface area contributed by atoms with Gasteiger partial charge in [-0.2, -0.15) is 15.4 Å². The summed E-state index contributed by atoms with van der Waals surface area (Å²) in [7, 11) is 0. The zero-order chi connectivity index (χ0) is 28.4. The van der Waals surface area contributed by atoms with Gasteiger partial charge in [0, 0.05) is 29.9 Å². The minimum atomic E-state index is -0.619. The van der Waals surface area contributed by atoms with Crippen LogP contribution >= 0.6 is 0 Å². The van der Waals surface area contributed by atoms with Crippen LogP contribution in [0.3, 0.4) is 0 Å². The smallest absolute Gasteiger partial charge is 0.414 e. The van der Waals surface area contributed by atoms with Crippen LogP contribution in [0.2, 0.25) is 0 Å². The average Bonchev–Trinajstić information content (AvgIpc) is 3.56. The van der Waals surface area contributed by atoms with Gasteiger partial charge in [-0.15, -0.1) is 0 Å². The number of fused-ring (bicyclic) bond motifs is 1. The molecule has 1 aromatic heterocycles. The fraction of sp³-hybridized carbons (Fsp3) is 0.367. The first-order valence-corrected chi connectivity index (χ1v) is 13.4. The van der Waals surface area contributed by atoms with Gasteiger partial charge in [0.15, 0.2) is 0 Å². The van der Waals surface area contributed by atoms with Crippen molar-refractivity contribution >= 4 is 34.5 Å². The first kappa shape index (κ1) is 27.2. The molecular weight excluding hydrogens is 513 g/mol. The minimum Gasteiger partial charge on any atom is -0.442 e. The molecule has 9 nitrogen and oxygen atoms in total. The van der Waals surface area contributed by atoms with Gasteiger partial charge in [-0.1, -0.05) is 56.7 Å². The molecule has 1 unspecified atom stereocenters. The Bertz CT molecular complexity index is 1530. The number of nitrogens with one attached hydrogen (secondary N) is 2. The summed E-state index contributed by atoms with van der Waals surface area (Å²) in [6, 6.07) is 9.82. The van der Waals surface area contributed by atoms with Crippen LogP contribution < -0.4 is 10.2 Å². The second-order valence-electron chi connectivity index (χ2n) is 10.8. The van der Waals surface area contributed by atoms with Crippen LogP contribution in [0, 0.1) is 17.2 Å². The van der Waals surface area contributed by atoms with E-state index in [9.17, 15) is 14.4 Å². The Kier molecular flexibility index (Phi) is 7.51. The van der Waals surface area contributed by atoms with Crippen molar-refractivity contribution in [2.24, 2.45) is 11.3 Å². The number of hydrogen-bond acceptors (Lipinski definition) is 6. The van der Waals surface area contributed by atoms with E-state index >= 15 is 4.39 Å². The predicted octanol–water partition coefficient (Wildman–Crippen LogP) is 5.10. The average molecular weight is 546 g/mol. The van der Waals surface area contributed by atoms with E-state index < -0.39 is 18.0 Å². The summed E-state index contributed by atoms with van der Waals surface area (Å²) < 4.78 is 20.5.